The molecule has 30 heavy (non-hydrogen) atoms. The normalized spacial score (nSPS) is 22.7. The van der Waals surface area contributed by atoms with Gasteiger partial charge in [-0.05, 0) is 29.3 Å². The van der Waals surface area contributed by atoms with Crippen LogP contribution in [0.25, 0.3) is 0 Å². The summed E-state index contributed by atoms with van der Waals surface area (Å²) in [5, 5.41) is -0.00938. The van der Waals surface area contributed by atoms with Gasteiger partial charge in [0.25, 0.3) is 5.91 Å². The van der Waals surface area contributed by atoms with Crippen LogP contribution in [0.4, 0.5) is 0 Å². The van der Waals surface area contributed by atoms with Crippen molar-refractivity contribution in [3.05, 3.63) is 71.8 Å². The third kappa shape index (κ3) is 4.24. The molecule has 1 aliphatic rings. The van der Waals surface area contributed by atoms with Crippen LogP contribution in [-0.4, -0.2) is 25.0 Å². The van der Waals surface area contributed by atoms with Gasteiger partial charge in [0.1, 0.15) is 0 Å². The fourth-order valence-electron chi connectivity index (χ4n) is 3.53. The van der Waals surface area contributed by atoms with Gasteiger partial charge in [-0.1, -0.05) is 95.3 Å². The van der Waals surface area contributed by atoms with E-state index in [4.69, 9.17) is 9.16 Å². The first-order chi connectivity index (χ1) is 14.0. The fourth-order valence-corrected chi connectivity index (χ4v) is 4.97. The zero-order valence-electron chi connectivity index (χ0n) is 19.3. The Morgan fingerprint density at radius 1 is 1.03 bits per heavy atom. The molecule has 2 aromatic rings. The van der Waals surface area contributed by atoms with Crippen LogP contribution in [-0.2, 0) is 20.5 Å². The molecule has 0 N–H and O–H groups in total. The Labute approximate surface area is 182 Å². The van der Waals surface area contributed by atoms with Crippen LogP contribution in [0.1, 0.15) is 51.8 Å². The Morgan fingerprint density at radius 3 is 2.07 bits per heavy atom. The van der Waals surface area contributed by atoms with Crippen molar-refractivity contribution in [3.8, 4) is 0 Å². The summed E-state index contributed by atoms with van der Waals surface area (Å²) in [5.74, 6) is -1.18. The summed E-state index contributed by atoms with van der Waals surface area (Å²) in [7, 11) is -2.24. The first-order valence-electron chi connectivity index (χ1n) is 10.8. The molecule has 1 heterocycles. The minimum Gasteiger partial charge on any atom is -0.374 e. The highest BCUT2D eigenvalue weighted by atomic mass is 28.4. The Kier molecular flexibility index (Phi) is 6.28. The summed E-state index contributed by atoms with van der Waals surface area (Å²) in [6.45, 7) is 15.6. The van der Waals surface area contributed by atoms with Crippen molar-refractivity contribution < 1.29 is 14.0 Å². The van der Waals surface area contributed by atoms with Crippen LogP contribution in [0, 0.1) is 5.92 Å². The summed E-state index contributed by atoms with van der Waals surface area (Å²) in [5.41, 5.74) is 1.92. The summed E-state index contributed by atoms with van der Waals surface area (Å²) >= 11 is 0. The van der Waals surface area contributed by atoms with Crippen molar-refractivity contribution in [2.45, 2.75) is 71.3 Å². The molecular formula is C25H35NO3Si. The van der Waals surface area contributed by atoms with E-state index in [1.807, 2.05) is 65.6 Å². The number of amides is 1. The van der Waals surface area contributed by atoms with Gasteiger partial charge >= 0.3 is 0 Å². The minimum atomic E-state index is -2.24. The van der Waals surface area contributed by atoms with Crippen LogP contribution < -0.4 is 0 Å². The lowest BCUT2D eigenvalue weighted by Gasteiger charge is -2.48. The molecule has 1 aliphatic heterocycles. The number of rotatable bonds is 6. The summed E-state index contributed by atoms with van der Waals surface area (Å²) in [4.78, 5) is 15.5. The molecular weight excluding hydrogens is 390 g/mol. The van der Waals surface area contributed by atoms with Crippen LogP contribution in [0.15, 0.2) is 60.7 Å². The van der Waals surface area contributed by atoms with Crippen LogP contribution >= 0.6 is 0 Å². The van der Waals surface area contributed by atoms with E-state index < -0.39 is 20.3 Å². The fraction of sp³-hybridized carbons (Fsp3) is 0.480. The molecule has 0 unspecified atom stereocenters. The van der Waals surface area contributed by atoms with Crippen molar-refractivity contribution in [2.75, 3.05) is 0 Å². The molecule has 0 aliphatic carbocycles. The molecule has 1 saturated heterocycles. The highest BCUT2D eigenvalue weighted by molar-refractivity contribution is 6.74. The number of carbonyl (C=O) groups excluding carboxylic acids is 1. The van der Waals surface area contributed by atoms with E-state index in [2.05, 4.69) is 47.7 Å². The van der Waals surface area contributed by atoms with Gasteiger partial charge in [-0.15, -0.1) is 0 Å². The molecule has 1 fully saturated rings. The Balaban J connectivity index is 2.08. The molecule has 0 aromatic heterocycles. The van der Waals surface area contributed by atoms with Crippen molar-refractivity contribution in [1.82, 2.24) is 4.90 Å². The van der Waals surface area contributed by atoms with Gasteiger partial charge in [-0.2, -0.15) is 0 Å². The molecule has 0 saturated carbocycles. The quantitative estimate of drug-likeness (QED) is 0.524. The van der Waals surface area contributed by atoms with Gasteiger partial charge in [-0.3, -0.25) is 9.69 Å². The molecule has 4 nitrogen and oxygen atoms in total. The second-order valence-corrected chi connectivity index (χ2v) is 14.7. The molecule has 0 radical (unpaired) electrons. The number of ether oxygens (including phenoxy) is 1. The maximum Gasteiger partial charge on any atom is 0.260 e. The zero-order valence-corrected chi connectivity index (χ0v) is 20.3. The number of carbonyl (C=O) groups is 1. The first-order valence-corrected chi connectivity index (χ1v) is 13.7. The van der Waals surface area contributed by atoms with Crippen molar-refractivity contribution >= 4 is 14.2 Å². The monoisotopic (exact) mass is 425 g/mol. The molecule has 3 rings (SSSR count). The molecule has 1 amide bonds. The average Bonchev–Trinajstić information content (AvgIpc) is 2.95. The van der Waals surface area contributed by atoms with Crippen LogP contribution in [0.5, 0.6) is 0 Å². The summed E-state index contributed by atoms with van der Waals surface area (Å²) < 4.78 is 13.6. The van der Waals surface area contributed by atoms with Gasteiger partial charge < -0.3 is 9.16 Å². The van der Waals surface area contributed by atoms with E-state index in [1.54, 1.807) is 0 Å². The molecule has 2 atom stereocenters. The molecule has 0 spiro atoms. The highest BCUT2D eigenvalue weighted by Crippen LogP contribution is 2.48. The van der Waals surface area contributed by atoms with Crippen molar-refractivity contribution in [2.24, 2.45) is 5.92 Å². The lowest BCUT2D eigenvalue weighted by Crippen LogP contribution is -2.59. The van der Waals surface area contributed by atoms with E-state index in [9.17, 15) is 4.79 Å². The van der Waals surface area contributed by atoms with Gasteiger partial charge in [0.2, 0.25) is 5.91 Å². The number of nitrogens with zero attached hydrogens (tertiary/aromatic N) is 1. The van der Waals surface area contributed by atoms with Crippen LogP contribution in [0.2, 0.25) is 18.1 Å². The predicted molar refractivity (Wildman–Crippen MR) is 123 cm³/mol. The third-order valence-electron chi connectivity index (χ3n) is 6.38. The van der Waals surface area contributed by atoms with Crippen molar-refractivity contribution in [3.63, 3.8) is 0 Å². The SMILES string of the molecule is CC(C)[C@@]1(O[Si](C)(C)C(C)(C)C)O[C@@H](c2ccccc2)C(=O)N1Cc1ccccc1. The zero-order chi connectivity index (χ0) is 22.2. The van der Waals surface area contributed by atoms with Crippen molar-refractivity contribution in [1.29, 1.82) is 0 Å². The standard InChI is InChI=1S/C25H35NO3Si/c1-19(2)25(29-30(6,7)24(3,4)5)26(18-20-14-10-8-11-15-20)23(27)22(28-25)21-16-12-9-13-17-21/h8-17,19,22H,18H2,1-7H3/t22-,25-/m0/s1. The Morgan fingerprint density at radius 2 is 1.57 bits per heavy atom. The Hall–Kier alpha value is -1.95. The maximum absolute atomic E-state index is 13.7. The molecule has 162 valence electrons. The maximum atomic E-state index is 13.7. The molecule has 0 bridgehead atoms. The van der Waals surface area contributed by atoms with Gasteiger partial charge in [0.05, 0.1) is 6.54 Å². The summed E-state index contributed by atoms with van der Waals surface area (Å²) in [6, 6.07) is 19.8. The second kappa shape index (κ2) is 8.29. The van der Waals surface area contributed by atoms with Gasteiger partial charge in [0, 0.05) is 5.92 Å². The predicted octanol–water partition coefficient (Wildman–Crippen LogP) is 6.12. The van der Waals surface area contributed by atoms with E-state index in [0.29, 0.717) is 6.54 Å². The topological polar surface area (TPSA) is 38.8 Å². The van der Waals surface area contributed by atoms with E-state index in [0.717, 1.165) is 11.1 Å². The highest BCUT2D eigenvalue weighted by Gasteiger charge is 2.59. The first kappa shape index (κ1) is 22.7. The minimum absolute atomic E-state index is 0.00938. The smallest absolute Gasteiger partial charge is 0.260 e. The van der Waals surface area contributed by atoms with Crippen LogP contribution in [0.3, 0.4) is 0 Å². The van der Waals surface area contributed by atoms with Gasteiger partial charge in [-0.25, -0.2) is 0 Å². The Bertz CT molecular complexity index is 861. The van der Waals surface area contributed by atoms with E-state index >= 15 is 0 Å². The third-order valence-corrected chi connectivity index (χ3v) is 10.8. The van der Waals surface area contributed by atoms with E-state index in [-0.39, 0.29) is 16.9 Å². The van der Waals surface area contributed by atoms with E-state index in [1.165, 1.54) is 0 Å². The number of benzene rings is 2. The average molecular weight is 426 g/mol. The summed E-state index contributed by atoms with van der Waals surface area (Å²) in [6.07, 6.45) is -0.665. The second-order valence-electron chi connectivity index (χ2n) is 9.97. The molecule has 2 aromatic carbocycles. The van der Waals surface area contributed by atoms with Gasteiger partial charge in [0.15, 0.2) is 14.4 Å². The molecule has 5 heteroatoms. The lowest BCUT2D eigenvalue weighted by molar-refractivity contribution is -0.272. The number of hydrogen-bond acceptors (Lipinski definition) is 3. The number of hydrogen-bond donors (Lipinski definition) is 0. The largest absolute Gasteiger partial charge is 0.374 e. The lowest BCUT2D eigenvalue weighted by atomic mass is 10.1.